The first-order valence-corrected chi connectivity index (χ1v) is 0.548. The molecule has 0 aromatic rings. The normalized spacial score (nSPS) is 4.00. The van der Waals surface area contributed by atoms with Crippen LogP contribution in [0.3, 0.4) is 0 Å². The van der Waals surface area contributed by atoms with Crippen molar-refractivity contribution < 1.29 is 10.6 Å². The summed E-state index contributed by atoms with van der Waals surface area (Å²) in [6, 6.07) is 0. The van der Waals surface area contributed by atoms with Gasteiger partial charge in [0.1, 0.15) is 0 Å². The van der Waals surface area contributed by atoms with Crippen LogP contribution in [0.15, 0.2) is 0 Å². The van der Waals surface area contributed by atoms with Gasteiger partial charge in [-0.2, -0.15) is 0 Å². The Morgan fingerprint density at radius 2 is 1.33 bits per heavy atom. The molecule has 0 aliphatic rings. The van der Waals surface area contributed by atoms with Crippen LogP contribution in [-0.2, 0) is 0 Å². The first kappa shape index (κ1) is 17.1. The molecule has 0 aliphatic carbocycles. The summed E-state index contributed by atoms with van der Waals surface area (Å²) in [5.41, 5.74) is 0. The summed E-state index contributed by atoms with van der Waals surface area (Å²) >= 11 is 0. The van der Waals surface area contributed by atoms with E-state index in [-0.39, 0.29) is 25.3 Å². The molecule has 0 aromatic carbocycles. The summed E-state index contributed by atoms with van der Waals surface area (Å²) in [6.07, 6.45) is 0. The Hall–Kier alpha value is -0.204. The molecule has 0 bridgehead atoms. The number of nitrogens with zero attached hydrogens (tertiary/aromatic N) is 1. The van der Waals surface area contributed by atoms with Gasteiger partial charge in [0.15, 0.2) is 0 Å². The second kappa shape index (κ2) is 8.84. The molecule has 0 aliphatic heterocycles. The maximum absolute atomic E-state index is 8.25. The van der Waals surface area contributed by atoms with Crippen molar-refractivity contribution in [1.29, 1.82) is 0 Å². The van der Waals surface area contributed by atoms with Crippen molar-refractivity contribution in [3.8, 4) is 0 Å². The van der Waals surface area contributed by atoms with Gasteiger partial charge < -0.3 is 20.8 Å². The Balaban J connectivity index is -0.0000000450. The Kier molecular flexibility index (Phi) is 25.1. The van der Waals surface area contributed by atoms with Crippen LogP contribution in [0.2, 0.25) is 0 Å². The van der Waals surface area contributed by atoms with Crippen molar-refractivity contribution in [2.75, 3.05) is 0 Å². The molecule has 5 nitrogen and oxygen atoms in total. The summed E-state index contributed by atoms with van der Waals surface area (Å²) in [6.45, 7) is 0. The average molecular weight is 153 g/mol. The topological polar surface area (TPSA) is 97.7 Å². The first-order valence-electron chi connectivity index (χ1n) is 0.548. The summed E-state index contributed by atoms with van der Waals surface area (Å²) in [4.78, 5) is 8.25. The molecule has 0 aromatic heterocycles. The quantitative estimate of drug-likeness (QED) is 0.223. The Morgan fingerprint density at radius 1 is 1.33 bits per heavy atom. The van der Waals surface area contributed by atoms with Gasteiger partial charge in [0, 0.05) is 0 Å². The van der Waals surface area contributed by atoms with Crippen molar-refractivity contribution in [3.63, 3.8) is 0 Å². The second-order valence-corrected chi connectivity index (χ2v) is 0.224. The number of hydrogen-bond donors (Lipinski definition) is 0. The Labute approximate surface area is 46.4 Å². The fourth-order valence-electron chi connectivity index (χ4n) is 0. The van der Waals surface area contributed by atoms with Crippen molar-refractivity contribution in [2.24, 2.45) is 0 Å². The molecule has 0 spiro atoms. The van der Waals surface area contributed by atoms with E-state index >= 15 is 0 Å². The van der Waals surface area contributed by atoms with Crippen LogP contribution >= 0.6 is 0 Å². The van der Waals surface area contributed by atoms with E-state index in [9.17, 15) is 0 Å². The van der Waals surface area contributed by atoms with Crippen molar-refractivity contribution in [3.05, 3.63) is 15.3 Å². The van der Waals surface area contributed by atoms with Gasteiger partial charge in [0.25, 0.3) is 0 Å². The fraction of sp³-hybridized carbons (Fsp3) is 0. The van der Waals surface area contributed by atoms with E-state index < -0.39 is 5.09 Å². The molecule has 0 amide bonds. The summed E-state index contributed by atoms with van der Waals surface area (Å²) in [5.74, 6) is 0. The van der Waals surface area contributed by atoms with Gasteiger partial charge in [-0.25, -0.2) is 0 Å². The van der Waals surface area contributed by atoms with E-state index in [1.807, 2.05) is 0 Å². The first-order chi connectivity index (χ1) is 1.73. The minimum atomic E-state index is -1.75. The van der Waals surface area contributed by atoms with Crippen LogP contribution < -0.4 is 0 Å². The van der Waals surface area contributed by atoms with Crippen LogP contribution in [0.5, 0.6) is 0 Å². The molecule has 6 heteroatoms. The SMILES string of the molecule is O.O=[N+]([O-])[O-].[GaH3]. The molecular weight excluding hydrogens is 148 g/mol. The number of rotatable bonds is 0. The molecule has 0 rings (SSSR count). The van der Waals surface area contributed by atoms with Crippen LogP contribution in [0.1, 0.15) is 0 Å². The van der Waals surface area contributed by atoms with Gasteiger partial charge in [-0.3, -0.25) is 0 Å². The van der Waals surface area contributed by atoms with Gasteiger partial charge in [0.2, 0.25) is 0 Å². The zero-order valence-corrected chi connectivity index (χ0v) is 2.17. The molecule has 2 N–H and O–H groups in total. The molecule has 0 fully saturated rings. The van der Waals surface area contributed by atoms with E-state index in [0.717, 1.165) is 0 Å². The third kappa shape index (κ3) is 716. The molecule has 0 heterocycles. The summed E-state index contributed by atoms with van der Waals surface area (Å²) < 4.78 is 0. The van der Waals surface area contributed by atoms with Crippen LogP contribution in [0.4, 0.5) is 0 Å². The Bertz CT molecular complexity index is 30.5. The second-order valence-electron chi connectivity index (χ2n) is 0.224. The zero-order chi connectivity index (χ0) is 3.58. The van der Waals surface area contributed by atoms with E-state index in [0.29, 0.717) is 0 Å². The van der Waals surface area contributed by atoms with Crippen LogP contribution in [0, 0.1) is 15.3 Å². The van der Waals surface area contributed by atoms with Crippen molar-refractivity contribution in [2.45, 2.75) is 0 Å². The molecule has 0 saturated carbocycles. The molecule has 0 atom stereocenters. The van der Waals surface area contributed by atoms with Crippen LogP contribution in [-0.4, -0.2) is 30.4 Å². The third-order valence-electron chi connectivity index (χ3n) is 0. The van der Waals surface area contributed by atoms with Gasteiger partial charge in [0.05, 0.1) is 5.09 Å². The molecule has 0 unspecified atom stereocenters. The summed E-state index contributed by atoms with van der Waals surface area (Å²) in [5, 5.41) is 14.8. The monoisotopic (exact) mass is 152 g/mol. The van der Waals surface area contributed by atoms with Gasteiger partial charge in [-0.05, 0) is 0 Å². The van der Waals surface area contributed by atoms with Gasteiger partial charge >= 0.3 is 19.8 Å². The predicted molar refractivity (Wildman–Crippen MR) is 23.9 cm³/mol. The Morgan fingerprint density at radius 3 is 1.33 bits per heavy atom. The van der Waals surface area contributed by atoms with E-state index in [1.54, 1.807) is 0 Å². The minimum absolute atomic E-state index is 0. The van der Waals surface area contributed by atoms with Crippen molar-refractivity contribution >= 4 is 19.8 Å². The van der Waals surface area contributed by atoms with Crippen molar-refractivity contribution in [1.82, 2.24) is 0 Å². The van der Waals surface area contributed by atoms with Gasteiger partial charge in [-0.1, -0.05) is 0 Å². The predicted octanol–water partition coefficient (Wildman–Crippen LogP) is -2.25. The van der Waals surface area contributed by atoms with Gasteiger partial charge in [-0.15, -0.1) is 0 Å². The third-order valence-corrected chi connectivity index (χ3v) is 0. The van der Waals surface area contributed by atoms with Crippen LogP contribution in [0.25, 0.3) is 0 Å². The van der Waals surface area contributed by atoms with E-state index in [1.165, 1.54) is 0 Å². The molecule has 0 saturated heterocycles. The maximum atomic E-state index is 8.25. The molecular formula is H5GaNO4-. The van der Waals surface area contributed by atoms with E-state index in [4.69, 9.17) is 15.3 Å². The summed E-state index contributed by atoms with van der Waals surface area (Å²) in [7, 11) is 0. The number of hydrogen-bond acceptors (Lipinski definition) is 3. The van der Waals surface area contributed by atoms with E-state index in [2.05, 4.69) is 0 Å². The zero-order valence-electron chi connectivity index (χ0n) is 2.17. The fourth-order valence-corrected chi connectivity index (χ4v) is 0. The average Bonchev–Trinajstić information content (AvgIpc) is 0.811. The molecule has 6 heavy (non-hydrogen) atoms. The standard InChI is InChI=1S/Ga.NO3.H2O.3H/c;2-1(3)4;;;;/h;;1H2;;;/q;-1;;;;. The molecule has 38 valence electrons. The molecule has 0 radical (unpaired) electrons.